The molecular weight excluding hydrogens is 1210 g/mol. The molecule has 0 aliphatic rings. The lowest BCUT2D eigenvalue weighted by Gasteiger charge is -2.28. The van der Waals surface area contributed by atoms with Crippen LogP contribution in [-0.2, 0) is 0 Å². The lowest BCUT2D eigenvalue weighted by molar-refractivity contribution is 0.668. The SMILES string of the molecule is c1ccc(-c2ccc(-c3ccc(N(c4ccc5c(c4)oc4ccccc45)c4ccccc4-c4ccc(-c5ccccc5)cc4)cc3)cc2)cc1.c1ccc(-c2ccc(-c3ccc(N(c4ccc5c(c4)oc4ccccc45)c4ccccc4-c4cccc(-c5ccccc5)c4)cc3)cc2)cc1. The Kier molecular flexibility index (Phi) is 16.4. The summed E-state index contributed by atoms with van der Waals surface area (Å²) in [5.41, 5.74) is 28.9. The maximum atomic E-state index is 6.39. The summed E-state index contributed by atoms with van der Waals surface area (Å²) in [5.74, 6) is 0. The molecule has 18 aromatic rings. The molecule has 16 aromatic carbocycles. The smallest absolute Gasteiger partial charge is 0.137 e. The van der Waals surface area contributed by atoms with E-state index >= 15 is 0 Å². The van der Waals surface area contributed by atoms with Crippen LogP contribution >= 0.6 is 0 Å². The van der Waals surface area contributed by atoms with E-state index in [0.29, 0.717) is 0 Å². The highest BCUT2D eigenvalue weighted by Crippen LogP contribution is 2.46. The van der Waals surface area contributed by atoms with Gasteiger partial charge in [0, 0.05) is 67.6 Å². The normalized spacial score (nSPS) is 11.2. The van der Waals surface area contributed by atoms with E-state index in [9.17, 15) is 0 Å². The van der Waals surface area contributed by atoms with Crippen LogP contribution in [0.3, 0.4) is 0 Å². The summed E-state index contributed by atoms with van der Waals surface area (Å²) >= 11 is 0. The Morgan fingerprint density at radius 2 is 0.410 bits per heavy atom. The highest BCUT2D eigenvalue weighted by molar-refractivity contribution is 6.08. The fourth-order valence-corrected chi connectivity index (χ4v) is 13.9. The van der Waals surface area contributed by atoms with Gasteiger partial charge < -0.3 is 18.6 Å². The van der Waals surface area contributed by atoms with Gasteiger partial charge in [-0.2, -0.15) is 0 Å². The molecule has 0 saturated heterocycles. The van der Waals surface area contributed by atoms with Crippen LogP contribution < -0.4 is 9.80 Å². The number of benzene rings is 16. The topological polar surface area (TPSA) is 32.8 Å². The van der Waals surface area contributed by atoms with Crippen molar-refractivity contribution < 1.29 is 8.83 Å². The van der Waals surface area contributed by atoms with Crippen LogP contribution in [0.5, 0.6) is 0 Å². The van der Waals surface area contributed by atoms with Crippen molar-refractivity contribution in [2.24, 2.45) is 0 Å². The predicted molar refractivity (Wildman–Crippen MR) is 420 cm³/mol. The van der Waals surface area contributed by atoms with Gasteiger partial charge in [0.1, 0.15) is 22.3 Å². The van der Waals surface area contributed by atoms with E-state index in [2.05, 4.69) is 386 Å². The average molecular weight is 1280 g/mol. The first-order valence-corrected chi connectivity index (χ1v) is 34.0. The average Bonchev–Trinajstić information content (AvgIpc) is 1.36. The number of nitrogens with zero attached hydrogens (tertiary/aromatic N) is 2. The third-order valence-corrected chi connectivity index (χ3v) is 19.0. The summed E-state index contributed by atoms with van der Waals surface area (Å²) in [6.45, 7) is 0. The molecule has 4 heteroatoms. The Hall–Kier alpha value is -13.3. The van der Waals surface area contributed by atoms with Crippen molar-refractivity contribution in [2.45, 2.75) is 0 Å². The highest BCUT2D eigenvalue weighted by atomic mass is 16.3. The lowest BCUT2D eigenvalue weighted by Crippen LogP contribution is -2.11. The third-order valence-electron chi connectivity index (χ3n) is 19.0. The molecule has 0 fully saturated rings. The molecule has 472 valence electrons. The molecule has 0 aliphatic heterocycles. The van der Waals surface area contributed by atoms with Gasteiger partial charge in [-0.1, -0.05) is 309 Å². The standard InChI is InChI=1S/2C48H33NO/c1-3-12-34(13-4-1)36-22-24-37(25-23-36)38-26-28-41(29-27-38)49(42-30-31-45-44-19-8-10-21-47(44)50-48(45)33-42)46-20-9-7-18-43(46)40-17-11-16-39(32-40)35-14-5-2-6-15-35;1-3-11-34(12-4-1)36-19-21-38(22-20-36)39-27-29-41(30-28-39)49(42-31-32-45-44-16-8-10-18-47(44)50-48(45)33-42)46-17-9-7-15-43(46)40-25-23-37(24-26-40)35-13-5-2-6-14-35/h2*1-33H. The lowest BCUT2D eigenvalue weighted by atomic mass is 9.97. The van der Waals surface area contributed by atoms with Crippen LogP contribution in [0.4, 0.5) is 34.1 Å². The molecule has 0 saturated carbocycles. The van der Waals surface area contributed by atoms with Crippen molar-refractivity contribution in [1.82, 2.24) is 0 Å². The fraction of sp³-hybridized carbons (Fsp3) is 0. The van der Waals surface area contributed by atoms with Crippen molar-refractivity contribution in [3.05, 3.63) is 400 Å². The molecule has 0 N–H and O–H groups in total. The van der Waals surface area contributed by atoms with Crippen LogP contribution in [0.1, 0.15) is 0 Å². The number of hydrogen-bond donors (Lipinski definition) is 0. The molecule has 0 amide bonds. The Morgan fingerprint density at radius 1 is 0.150 bits per heavy atom. The van der Waals surface area contributed by atoms with Crippen LogP contribution in [0.25, 0.3) is 133 Å². The Balaban J connectivity index is 0.000000150. The van der Waals surface area contributed by atoms with Crippen molar-refractivity contribution in [3.8, 4) is 89.0 Å². The van der Waals surface area contributed by atoms with E-state index in [1.54, 1.807) is 0 Å². The molecule has 0 unspecified atom stereocenters. The van der Waals surface area contributed by atoms with Gasteiger partial charge in [0.15, 0.2) is 0 Å². The number of fused-ring (bicyclic) bond motifs is 6. The zero-order valence-electron chi connectivity index (χ0n) is 54.8. The summed E-state index contributed by atoms with van der Waals surface area (Å²) in [4.78, 5) is 4.69. The van der Waals surface area contributed by atoms with Gasteiger partial charge in [-0.25, -0.2) is 0 Å². The molecule has 2 aromatic heterocycles. The molecule has 0 aliphatic carbocycles. The van der Waals surface area contributed by atoms with Crippen molar-refractivity contribution in [2.75, 3.05) is 9.80 Å². The quantitative estimate of drug-likeness (QED) is 0.109. The summed E-state index contributed by atoms with van der Waals surface area (Å²) in [6, 6.07) is 142. The molecule has 2 heterocycles. The van der Waals surface area contributed by atoms with Gasteiger partial charge in [0.05, 0.1) is 11.4 Å². The fourth-order valence-electron chi connectivity index (χ4n) is 13.9. The first-order chi connectivity index (χ1) is 49.6. The monoisotopic (exact) mass is 1280 g/mol. The molecule has 18 rings (SSSR count). The first kappa shape index (κ1) is 60.4. The number of rotatable bonds is 14. The predicted octanol–water partition coefficient (Wildman–Crippen LogP) is 27.4. The van der Waals surface area contributed by atoms with E-state index in [0.717, 1.165) is 100 Å². The van der Waals surface area contributed by atoms with E-state index in [1.165, 1.54) is 66.8 Å². The van der Waals surface area contributed by atoms with Gasteiger partial charge >= 0.3 is 0 Å². The molecular formula is C96H66N2O2. The summed E-state index contributed by atoms with van der Waals surface area (Å²) in [5, 5.41) is 4.48. The molecule has 100 heavy (non-hydrogen) atoms. The summed E-state index contributed by atoms with van der Waals surface area (Å²) in [7, 11) is 0. The van der Waals surface area contributed by atoms with Crippen LogP contribution in [0.15, 0.2) is 409 Å². The minimum atomic E-state index is 0.868. The van der Waals surface area contributed by atoms with Crippen LogP contribution in [0.2, 0.25) is 0 Å². The number of anilines is 6. The van der Waals surface area contributed by atoms with Gasteiger partial charge in [-0.15, -0.1) is 0 Å². The second kappa shape index (κ2) is 27.1. The van der Waals surface area contributed by atoms with Crippen molar-refractivity contribution in [3.63, 3.8) is 0 Å². The largest absolute Gasteiger partial charge is 0.456 e. The summed E-state index contributed by atoms with van der Waals surface area (Å²) < 4.78 is 12.8. The number of hydrogen-bond acceptors (Lipinski definition) is 4. The van der Waals surface area contributed by atoms with Gasteiger partial charge in [-0.05, 0) is 157 Å². The van der Waals surface area contributed by atoms with E-state index in [4.69, 9.17) is 8.83 Å². The molecule has 0 atom stereocenters. The van der Waals surface area contributed by atoms with Crippen molar-refractivity contribution in [1.29, 1.82) is 0 Å². The molecule has 0 bridgehead atoms. The van der Waals surface area contributed by atoms with E-state index in [-0.39, 0.29) is 0 Å². The number of furan rings is 2. The molecule has 4 nitrogen and oxygen atoms in total. The molecule has 0 spiro atoms. The van der Waals surface area contributed by atoms with Gasteiger partial charge in [-0.3, -0.25) is 0 Å². The van der Waals surface area contributed by atoms with E-state index in [1.807, 2.05) is 24.3 Å². The van der Waals surface area contributed by atoms with E-state index < -0.39 is 0 Å². The molecule has 0 radical (unpaired) electrons. The van der Waals surface area contributed by atoms with Gasteiger partial charge in [0.25, 0.3) is 0 Å². The van der Waals surface area contributed by atoms with Crippen LogP contribution in [0, 0.1) is 0 Å². The van der Waals surface area contributed by atoms with Gasteiger partial charge in [0.2, 0.25) is 0 Å². The summed E-state index contributed by atoms with van der Waals surface area (Å²) in [6.07, 6.45) is 0. The minimum Gasteiger partial charge on any atom is -0.456 e. The third kappa shape index (κ3) is 12.2. The van der Waals surface area contributed by atoms with Crippen LogP contribution in [-0.4, -0.2) is 0 Å². The Morgan fingerprint density at radius 3 is 0.800 bits per heavy atom. The maximum absolute atomic E-state index is 6.39. The Labute approximate surface area is 582 Å². The first-order valence-electron chi connectivity index (χ1n) is 34.0. The maximum Gasteiger partial charge on any atom is 0.137 e. The minimum absolute atomic E-state index is 0.868. The highest BCUT2D eigenvalue weighted by Gasteiger charge is 2.22. The number of para-hydroxylation sites is 4. The second-order valence-electron chi connectivity index (χ2n) is 25.1. The van der Waals surface area contributed by atoms with Crippen molar-refractivity contribution >= 4 is 78.0 Å². The second-order valence-corrected chi connectivity index (χ2v) is 25.1. The zero-order chi connectivity index (χ0) is 66.6. The Bertz CT molecular complexity index is 5850. The zero-order valence-corrected chi connectivity index (χ0v) is 54.8.